The quantitative estimate of drug-likeness (QED) is 0.369. The van der Waals surface area contributed by atoms with Gasteiger partial charge in [-0.05, 0) is 30.3 Å². The number of thioether (sulfide) groups is 1. The molecule has 2 amide bonds. The maximum absolute atomic E-state index is 12.1. The van der Waals surface area contributed by atoms with E-state index in [2.05, 4.69) is 6.58 Å². The van der Waals surface area contributed by atoms with Crippen LogP contribution in [0.2, 0.25) is 0 Å². The second kappa shape index (κ2) is 5.92. The SMILES string of the molecule is C=C(C)CN1C(=O)SC(=Cc2cccc([N+](=O)[O-])c2)C1=O. The van der Waals surface area contributed by atoms with E-state index in [-0.39, 0.29) is 22.4 Å². The predicted octanol–water partition coefficient (Wildman–Crippen LogP) is 3.21. The van der Waals surface area contributed by atoms with Gasteiger partial charge in [-0.3, -0.25) is 24.6 Å². The molecule has 0 atom stereocenters. The number of nitro groups is 1. The monoisotopic (exact) mass is 304 g/mol. The van der Waals surface area contributed by atoms with E-state index >= 15 is 0 Å². The molecule has 7 heteroatoms. The highest BCUT2D eigenvalue weighted by atomic mass is 32.2. The number of nitrogens with zero attached hydrogens (tertiary/aromatic N) is 2. The number of carbonyl (C=O) groups excluding carboxylic acids is 2. The summed E-state index contributed by atoms with van der Waals surface area (Å²) in [6.45, 7) is 5.58. The second-order valence-corrected chi connectivity index (χ2v) is 5.57. The van der Waals surface area contributed by atoms with Crippen LogP contribution in [0.1, 0.15) is 12.5 Å². The van der Waals surface area contributed by atoms with E-state index in [1.54, 1.807) is 13.0 Å². The molecule has 2 rings (SSSR count). The zero-order chi connectivity index (χ0) is 15.6. The Morgan fingerprint density at radius 3 is 2.81 bits per heavy atom. The Kier molecular flexibility index (Phi) is 4.23. The Bertz CT molecular complexity index is 681. The zero-order valence-corrected chi connectivity index (χ0v) is 12.1. The molecule has 0 aliphatic carbocycles. The summed E-state index contributed by atoms with van der Waals surface area (Å²) in [5.41, 5.74) is 1.14. The summed E-state index contributed by atoms with van der Waals surface area (Å²) in [6.07, 6.45) is 1.48. The van der Waals surface area contributed by atoms with Gasteiger partial charge in [0, 0.05) is 12.1 Å². The van der Waals surface area contributed by atoms with Crippen molar-refractivity contribution in [2.75, 3.05) is 6.54 Å². The highest BCUT2D eigenvalue weighted by Gasteiger charge is 2.34. The molecule has 1 aliphatic heterocycles. The van der Waals surface area contributed by atoms with Crippen molar-refractivity contribution in [1.29, 1.82) is 0 Å². The van der Waals surface area contributed by atoms with E-state index < -0.39 is 10.8 Å². The number of carbonyl (C=O) groups is 2. The highest BCUT2D eigenvalue weighted by molar-refractivity contribution is 8.18. The number of rotatable bonds is 4. The number of benzene rings is 1. The zero-order valence-electron chi connectivity index (χ0n) is 11.2. The Morgan fingerprint density at radius 2 is 2.19 bits per heavy atom. The van der Waals surface area contributed by atoms with Gasteiger partial charge >= 0.3 is 0 Å². The van der Waals surface area contributed by atoms with Gasteiger partial charge in [0.1, 0.15) is 0 Å². The van der Waals surface area contributed by atoms with E-state index in [0.29, 0.717) is 11.1 Å². The minimum absolute atomic E-state index is 0.0649. The minimum Gasteiger partial charge on any atom is -0.268 e. The van der Waals surface area contributed by atoms with Crippen LogP contribution < -0.4 is 0 Å². The first-order valence-electron chi connectivity index (χ1n) is 6.02. The van der Waals surface area contributed by atoms with Crippen molar-refractivity contribution in [3.63, 3.8) is 0 Å². The number of non-ortho nitro benzene ring substituents is 1. The molecular weight excluding hydrogens is 292 g/mol. The van der Waals surface area contributed by atoms with Crippen LogP contribution >= 0.6 is 11.8 Å². The van der Waals surface area contributed by atoms with Gasteiger partial charge in [0.15, 0.2) is 0 Å². The molecule has 108 valence electrons. The van der Waals surface area contributed by atoms with Crippen molar-refractivity contribution >= 4 is 34.7 Å². The third-order valence-electron chi connectivity index (χ3n) is 2.68. The maximum Gasteiger partial charge on any atom is 0.293 e. The fourth-order valence-electron chi connectivity index (χ4n) is 1.79. The van der Waals surface area contributed by atoms with Gasteiger partial charge in [-0.2, -0.15) is 0 Å². The molecule has 1 aromatic rings. The van der Waals surface area contributed by atoms with Crippen LogP contribution in [0.3, 0.4) is 0 Å². The van der Waals surface area contributed by atoms with Crippen molar-refractivity contribution in [3.8, 4) is 0 Å². The summed E-state index contributed by atoms with van der Waals surface area (Å²) in [4.78, 5) is 35.5. The van der Waals surface area contributed by atoms with Gasteiger partial charge in [-0.15, -0.1) is 0 Å². The predicted molar refractivity (Wildman–Crippen MR) is 80.6 cm³/mol. The molecule has 0 bridgehead atoms. The Hall–Kier alpha value is -2.41. The standard InChI is InChI=1S/C14H12N2O4S/c1-9(2)8-15-13(17)12(21-14(15)18)7-10-4-3-5-11(6-10)16(19)20/h3-7H,1,8H2,2H3. The number of amides is 2. The molecular formula is C14H12N2O4S. The van der Waals surface area contributed by atoms with Crippen LogP contribution in [0, 0.1) is 10.1 Å². The number of nitro benzene ring substituents is 1. The lowest BCUT2D eigenvalue weighted by Crippen LogP contribution is -2.29. The molecule has 1 heterocycles. The Balaban J connectivity index is 2.28. The minimum atomic E-state index is -0.510. The van der Waals surface area contributed by atoms with Crippen LogP contribution in [0.4, 0.5) is 10.5 Å². The maximum atomic E-state index is 12.1. The molecule has 1 fully saturated rings. The first kappa shape index (κ1) is 15.0. The number of imide groups is 1. The van der Waals surface area contributed by atoms with Gasteiger partial charge in [-0.1, -0.05) is 24.3 Å². The van der Waals surface area contributed by atoms with E-state index in [4.69, 9.17) is 0 Å². The molecule has 1 aliphatic rings. The first-order chi connectivity index (χ1) is 9.88. The summed E-state index contributed by atoms with van der Waals surface area (Å²) in [6, 6.07) is 5.89. The van der Waals surface area contributed by atoms with Crippen LogP contribution in [-0.2, 0) is 4.79 Å². The van der Waals surface area contributed by atoms with Gasteiger partial charge in [-0.25, -0.2) is 0 Å². The van der Waals surface area contributed by atoms with Crippen LogP contribution in [0.5, 0.6) is 0 Å². The van der Waals surface area contributed by atoms with Crippen molar-refractivity contribution in [2.24, 2.45) is 0 Å². The van der Waals surface area contributed by atoms with Crippen molar-refractivity contribution in [1.82, 2.24) is 4.90 Å². The lowest BCUT2D eigenvalue weighted by atomic mass is 10.2. The lowest BCUT2D eigenvalue weighted by Gasteiger charge is -2.11. The first-order valence-corrected chi connectivity index (χ1v) is 6.84. The molecule has 0 spiro atoms. The van der Waals surface area contributed by atoms with Gasteiger partial charge < -0.3 is 0 Å². The molecule has 0 radical (unpaired) electrons. The van der Waals surface area contributed by atoms with Crippen molar-refractivity contribution in [3.05, 3.63) is 57.0 Å². The molecule has 6 nitrogen and oxygen atoms in total. The second-order valence-electron chi connectivity index (χ2n) is 4.58. The summed E-state index contributed by atoms with van der Waals surface area (Å²) in [7, 11) is 0. The molecule has 0 aromatic heterocycles. The molecule has 1 saturated heterocycles. The topological polar surface area (TPSA) is 80.5 Å². The molecule has 0 unspecified atom stereocenters. The average Bonchev–Trinajstić information content (AvgIpc) is 2.66. The number of hydrogen-bond acceptors (Lipinski definition) is 5. The van der Waals surface area contributed by atoms with Crippen molar-refractivity contribution in [2.45, 2.75) is 6.92 Å². The van der Waals surface area contributed by atoms with Crippen molar-refractivity contribution < 1.29 is 14.5 Å². The van der Waals surface area contributed by atoms with E-state index in [0.717, 1.165) is 16.7 Å². The van der Waals surface area contributed by atoms with E-state index in [9.17, 15) is 19.7 Å². The van der Waals surface area contributed by atoms with Gasteiger partial charge in [0.05, 0.1) is 16.4 Å². The molecule has 0 N–H and O–H groups in total. The van der Waals surface area contributed by atoms with E-state index in [1.165, 1.54) is 24.3 Å². The highest BCUT2D eigenvalue weighted by Crippen LogP contribution is 2.32. The molecule has 1 aromatic carbocycles. The molecule has 0 saturated carbocycles. The Labute approximate surface area is 125 Å². The molecule has 21 heavy (non-hydrogen) atoms. The van der Waals surface area contributed by atoms with Gasteiger partial charge in [0.25, 0.3) is 16.8 Å². The summed E-state index contributed by atoms with van der Waals surface area (Å²) in [5, 5.41) is 10.4. The van der Waals surface area contributed by atoms with Crippen LogP contribution in [0.25, 0.3) is 6.08 Å². The third-order valence-corrected chi connectivity index (χ3v) is 3.59. The fourth-order valence-corrected chi connectivity index (χ4v) is 2.62. The Morgan fingerprint density at radius 1 is 1.48 bits per heavy atom. The third kappa shape index (κ3) is 3.38. The normalized spacial score (nSPS) is 16.6. The largest absolute Gasteiger partial charge is 0.293 e. The summed E-state index contributed by atoms with van der Waals surface area (Å²) < 4.78 is 0. The van der Waals surface area contributed by atoms with Crippen LogP contribution in [-0.4, -0.2) is 27.5 Å². The average molecular weight is 304 g/mol. The smallest absolute Gasteiger partial charge is 0.268 e. The fraction of sp³-hybridized carbons (Fsp3) is 0.143. The van der Waals surface area contributed by atoms with Gasteiger partial charge in [0.2, 0.25) is 0 Å². The summed E-state index contributed by atoms with van der Waals surface area (Å²) in [5.74, 6) is -0.403. The summed E-state index contributed by atoms with van der Waals surface area (Å²) >= 11 is 0.820. The number of hydrogen-bond donors (Lipinski definition) is 0. The lowest BCUT2D eigenvalue weighted by molar-refractivity contribution is -0.384. The van der Waals surface area contributed by atoms with Crippen LogP contribution in [0.15, 0.2) is 41.3 Å². The van der Waals surface area contributed by atoms with E-state index in [1.807, 2.05) is 0 Å².